The van der Waals surface area contributed by atoms with Gasteiger partial charge < -0.3 is 21.3 Å². The number of morpholine rings is 1. The third-order valence-corrected chi connectivity index (χ3v) is 5.15. The van der Waals surface area contributed by atoms with E-state index in [2.05, 4.69) is 21.7 Å². The molecule has 3 heterocycles. The van der Waals surface area contributed by atoms with Crippen molar-refractivity contribution >= 4 is 22.8 Å². The Hall–Kier alpha value is -3.54. The molecule has 0 spiro atoms. The zero-order valence-electron chi connectivity index (χ0n) is 16.7. The summed E-state index contributed by atoms with van der Waals surface area (Å²) in [4.78, 5) is 18.9. The van der Waals surface area contributed by atoms with Crippen LogP contribution >= 0.6 is 0 Å². The Morgan fingerprint density at radius 2 is 2.03 bits per heavy atom. The number of primary amides is 1. The van der Waals surface area contributed by atoms with E-state index >= 15 is 0 Å². The fourth-order valence-corrected chi connectivity index (χ4v) is 3.59. The highest BCUT2D eigenvalue weighted by atomic mass is 16.5. The highest BCUT2D eigenvalue weighted by Crippen LogP contribution is 2.32. The number of nitrogen functional groups attached to an aromatic ring is 1. The summed E-state index contributed by atoms with van der Waals surface area (Å²) >= 11 is 0. The SMILES string of the molecule is Cc1ccc(O)cc1-n1c(N)c(C(N)=O)c2nc(C#CCN3CCOCC3)ccc21. The number of pyridine rings is 1. The number of fused-ring (bicyclic) bond motifs is 1. The molecule has 8 heteroatoms. The Bertz CT molecular complexity index is 1180. The van der Waals surface area contributed by atoms with E-state index in [-0.39, 0.29) is 17.1 Å². The van der Waals surface area contributed by atoms with Crippen LogP contribution in [0.3, 0.4) is 0 Å². The van der Waals surface area contributed by atoms with E-state index in [1.165, 1.54) is 0 Å². The maximum absolute atomic E-state index is 12.1. The number of aromatic hydroxyl groups is 1. The lowest BCUT2D eigenvalue weighted by atomic mass is 10.2. The number of phenols is 1. The molecule has 4 rings (SSSR count). The summed E-state index contributed by atoms with van der Waals surface area (Å²) in [6, 6.07) is 8.56. The van der Waals surface area contributed by atoms with Crippen molar-refractivity contribution in [3.8, 4) is 23.3 Å². The number of amides is 1. The number of aromatic nitrogens is 2. The number of phenolic OH excluding ortho intramolecular Hbond substituents is 1. The van der Waals surface area contributed by atoms with Gasteiger partial charge in [0.1, 0.15) is 28.3 Å². The van der Waals surface area contributed by atoms with Crippen LogP contribution in [0.25, 0.3) is 16.7 Å². The number of nitrogens with zero attached hydrogens (tertiary/aromatic N) is 3. The first kappa shape index (κ1) is 19.8. The second-order valence-electron chi connectivity index (χ2n) is 7.19. The number of benzene rings is 1. The summed E-state index contributed by atoms with van der Waals surface area (Å²) in [6.45, 7) is 5.66. The molecule has 0 saturated carbocycles. The number of rotatable bonds is 3. The van der Waals surface area contributed by atoms with E-state index in [4.69, 9.17) is 16.2 Å². The van der Waals surface area contributed by atoms with Crippen molar-refractivity contribution in [2.75, 3.05) is 38.6 Å². The molecule has 2 aromatic heterocycles. The molecule has 1 aliphatic heterocycles. The molecule has 1 aromatic carbocycles. The molecule has 1 amide bonds. The lowest BCUT2D eigenvalue weighted by molar-refractivity contribution is 0.0443. The minimum atomic E-state index is -0.667. The predicted molar refractivity (Wildman–Crippen MR) is 115 cm³/mol. The summed E-state index contributed by atoms with van der Waals surface area (Å²) in [7, 11) is 0. The van der Waals surface area contributed by atoms with Crippen LogP contribution in [0.4, 0.5) is 5.82 Å². The summed E-state index contributed by atoms with van der Waals surface area (Å²) in [5.41, 5.74) is 15.1. The lowest BCUT2D eigenvalue weighted by Gasteiger charge is -2.24. The van der Waals surface area contributed by atoms with Gasteiger partial charge in [0.05, 0.1) is 31.0 Å². The van der Waals surface area contributed by atoms with Gasteiger partial charge in [-0.3, -0.25) is 14.3 Å². The van der Waals surface area contributed by atoms with E-state index in [9.17, 15) is 9.90 Å². The second-order valence-corrected chi connectivity index (χ2v) is 7.19. The van der Waals surface area contributed by atoms with Crippen molar-refractivity contribution in [2.45, 2.75) is 6.92 Å². The Kier molecular flexibility index (Phi) is 5.31. The van der Waals surface area contributed by atoms with Gasteiger partial charge in [-0.2, -0.15) is 0 Å². The third kappa shape index (κ3) is 3.68. The standard InChI is InChI=1S/C22H23N5O3/c1-14-4-6-16(28)13-18(14)27-17-7-5-15(3-2-8-26-9-11-30-12-10-26)25-20(17)19(21(27)23)22(24)29/h4-7,13,28H,8-12,23H2,1H3,(H2,24,29). The van der Waals surface area contributed by atoms with Crippen molar-refractivity contribution in [1.82, 2.24) is 14.5 Å². The number of anilines is 1. The van der Waals surface area contributed by atoms with Gasteiger partial charge in [-0.25, -0.2) is 4.98 Å². The number of nitrogens with two attached hydrogens (primary N) is 2. The zero-order chi connectivity index (χ0) is 21.3. The number of aryl methyl sites for hydroxylation is 1. The Labute approximate surface area is 174 Å². The van der Waals surface area contributed by atoms with Gasteiger partial charge >= 0.3 is 0 Å². The van der Waals surface area contributed by atoms with Gasteiger partial charge in [0.15, 0.2) is 0 Å². The monoisotopic (exact) mass is 405 g/mol. The van der Waals surface area contributed by atoms with Crippen LogP contribution in [0.2, 0.25) is 0 Å². The molecule has 0 unspecified atom stereocenters. The van der Waals surface area contributed by atoms with Gasteiger partial charge in [-0.05, 0) is 36.6 Å². The first-order chi connectivity index (χ1) is 14.5. The topological polar surface area (TPSA) is 120 Å². The van der Waals surface area contributed by atoms with Gasteiger partial charge in [0, 0.05) is 19.2 Å². The van der Waals surface area contributed by atoms with Crippen molar-refractivity contribution < 1.29 is 14.6 Å². The highest BCUT2D eigenvalue weighted by molar-refractivity contribution is 6.10. The molecule has 1 saturated heterocycles. The molecule has 30 heavy (non-hydrogen) atoms. The van der Waals surface area contributed by atoms with Crippen molar-refractivity contribution in [3.05, 3.63) is 47.2 Å². The summed E-state index contributed by atoms with van der Waals surface area (Å²) < 4.78 is 7.02. The van der Waals surface area contributed by atoms with E-state index in [0.29, 0.717) is 29.0 Å². The van der Waals surface area contributed by atoms with Crippen LogP contribution < -0.4 is 11.5 Å². The van der Waals surface area contributed by atoms with Gasteiger partial charge in [0.2, 0.25) is 0 Å². The third-order valence-electron chi connectivity index (χ3n) is 5.15. The fourth-order valence-electron chi connectivity index (χ4n) is 3.59. The van der Waals surface area contributed by atoms with Crippen LogP contribution in [-0.2, 0) is 4.74 Å². The van der Waals surface area contributed by atoms with E-state index < -0.39 is 5.91 Å². The number of ether oxygens (including phenoxy) is 1. The first-order valence-electron chi connectivity index (χ1n) is 9.65. The Morgan fingerprint density at radius 1 is 1.27 bits per heavy atom. The second kappa shape index (κ2) is 8.06. The first-order valence-corrected chi connectivity index (χ1v) is 9.65. The largest absolute Gasteiger partial charge is 0.508 e. The van der Waals surface area contributed by atoms with Gasteiger partial charge in [-0.15, -0.1) is 0 Å². The molecule has 0 atom stereocenters. The van der Waals surface area contributed by atoms with Crippen LogP contribution in [0.1, 0.15) is 21.6 Å². The van der Waals surface area contributed by atoms with Crippen LogP contribution in [0.15, 0.2) is 30.3 Å². The van der Waals surface area contributed by atoms with Gasteiger partial charge in [-0.1, -0.05) is 12.0 Å². The molecular formula is C22H23N5O3. The fraction of sp³-hybridized carbons (Fsp3) is 0.273. The highest BCUT2D eigenvalue weighted by Gasteiger charge is 2.22. The van der Waals surface area contributed by atoms with Gasteiger partial charge in [0.25, 0.3) is 5.91 Å². The molecule has 0 aliphatic carbocycles. The quantitative estimate of drug-likeness (QED) is 0.567. The Morgan fingerprint density at radius 3 is 2.77 bits per heavy atom. The number of carbonyl (C=O) groups is 1. The molecule has 1 aliphatic rings. The lowest BCUT2D eigenvalue weighted by Crippen LogP contribution is -2.36. The average molecular weight is 405 g/mol. The molecule has 0 bridgehead atoms. The summed E-state index contributed by atoms with van der Waals surface area (Å²) in [5.74, 6) is 5.78. The van der Waals surface area contributed by atoms with Crippen LogP contribution in [-0.4, -0.2) is 58.3 Å². The van der Waals surface area contributed by atoms with Crippen molar-refractivity contribution in [1.29, 1.82) is 0 Å². The minimum Gasteiger partial charge on any atom is -0.508 e. The molecule has 0 radical (unpaired) electrons. The average Bonchev–Trinajstić information content (AvgIpc) is 3.02. The smallest absolute Gasteiger partial charge is 0.254 e. The molecule has 3 aromatic rings. The molecular weight excluding hydrogens is 382 g/mol. The van der Waals surface area contributed by atoms with Crippen LogP contribution in [0.5, 0.6) is 5.75 Å². The molecule has 8 nitrogen and oxygen atoms in total. The van der Waals surface area contributed by atoms with E-state index in [0.717, 1.165) is 31.9 Å². The van der Waals surface area contributed by atoms with E-state index in [1.807, 2.05) is 13.0 Å². The zero-order valence-corrected chi connectivity index (χ0v) is 16.7. The normalized spacial score (nSPS) is 14.4. The van der Waals surface area contributed by atoms with E-state index in [1.54, 1.807) is 28.8 Å². The predicted octanol–water partition coefficient (Wildman–Crippen LogP) is 1.40. The van der Waals surface area contributed by atoms with Crippen LogP contribution in [0, 0.1) is 18.8 Å². The van der Waals surface area contributed by atoms with Crippen molar-refractivity contribution in [2.24, 2.45) is 5.73 Å². The number of carbonyl (C=O) groups excluding carboxylic acids is 1. The molecule has 154 valence electrons. The summed E-state index contributed by atoms with van der Waals surface area (Å²) in [6.07, 6.45) is 0. The molecule has 1 fully saturated rings. The Balaban J connectivity index is 1.78. The number of hydrogen-bond acceptors (Lipinski definition) is 6. The molecule has 5 N–H and O–H groups in total. The minimum absolute atomic E-state index is 0.0935. The van der Waals surface area contributed by atoms with Crippen molar-refractivity contribution in [3.63, 3.8) is 0 Å². The maximum atomic E-state index is 12.1. The maximum Gasteiger partial charge on any atom is 0.254 e. The summed E-state index contributed by atoms with van der Waals surface area (Å²) in [5, 5.41) is 9.94. The number of hydrogen-bond donors (Lipinski definition) is 3.